The maximum Gasteiger partial charge on any atom is 0.320 e. The summed E-state index contributed by atoms with van der Waals surface area (Å²) >= 11 is 0. The molecule has 0 spiro atoms. The van der Waals surface area contributed by atoms with Crippen LogP contribution in [0.1, 0.15) is 20.3 Å². The Labute approximate surface area is 118 Å². The van der Waals surface area contributed by atoms with Gasteiger partial charge in [0.1, 0.15) is 18.0 Å². The van der Waals surface area contributed by atoms with Crippen molar-refractivity contribution >= 4 is 17.7 Å². The van der Waals surface area contributed by atoms with E-state index in [1.54, 1.807) is 6.07 Å². The van der Waals surface area contributed by atoms with Gasteiger partial charge in [-0.15, -0.1) is 0 Å². The van der Waals surface area contributed by atoms with Crippen LogP contribution in [-0.2, 0) is 4.74 Å². The van der Waals surface area contributed by atoms with Gasteiger partial charge in [-0.2, -0.15) is 0 Å². The van der Waals surface area contributed by atoms with E-state index in [1.165, 1.54) is 6.33 Å². The fraction of sp³-hybridized carbons (Fsp3) is 0.615. The number of amides is 2. The zero-order chi connectivity index (χ0) is 14.8. The van der Waals surface area contributed by atoms with Gasteiger partial charge in [0.15, 0.2) is 0 Å². The molecule has 1 saturated heterocycles. The Bertz CT molecular complexity index is 493. The normalized spacial score (nSPS) is 25.3. The van der Waals surface area contributed by atoms with Crippen LogP contribution >= 0.6 is 0 Å². The quantitative estimate of drug-likeness (QED) is 0.870. The monoisotopic (exact) mass is 279 g/mol. The smallest absolute Gasteiger partial charge is 0.320 e. The van der Waals surface area contributed by atoms with Crippen molar-refractivity contribution in [3.05, 3.63) is 12.4 Å². The molecule has 0 saturated carbocycles. The van der Waals surface area contributed by atoms with Gasteiger partial charge >= 0.3 is 6.03 Å². The number of urea groups is 1. The molecule has 0 aliphatic carbocycles. The lowest BCUT2D eigenvalue weighted by Gasteiger charge is -2.28. The Morgan fingerprint density at radius 3 is 2.85 bits per heavy atom. The largest absolute Gasteiger partial charge is 0.376 e. The number of ether oxygens (including phenoxy) is 1. The minimum absolute atomic E-state index is 0.00372. The van der Waals surface area contributed by atoms with Crippen LogP contribution in [-0.4, -0.2) is 48.3 Å². The summed E-state index contributed by atoms with van der Waals surface area (Å²) in [4.78, 5) is 22.0. The number of aromatic nitrogens is 2. The molecule has 110 valence electrons. The molecule has 1 aromatic rings. The van der Waals surface area contributed by atoms with Gasteiger partial charge < -0.3 is 15.0 Å². The van der Waals surface area contributed by atoms with Gasteiger partial charge in [-0.3, -0.25) is 5.32 Å². The molecule has 1 aliphatic rings. The van der Waals surface area contributed by atoms with Crippen LogP contribution in [0.4, 0.5) is 16.4 Å². The number of hydrogen-bond donors (Lipinski definition) is 2. The summed E-state index contributed by atoms with van der Waals surface area (Å²) in [5.41, 5.74) is -0.346. The number of anilines is 2. The van der Waals surface area contributed by atoms with Gasteiger partial charge in [0.25, 0.3) is 0 Å². The maximum atomic E-state index is 12.0. The summed E-state index contributed by atoms with van der Waals surface area (Å²) in [7, 11) is 3.76. The molecule has 7 nitrogen and oxygen atoms in total. The van der Waals surface area contributed by atoms with E-state index in [9.17, 15) is 4.79 Å². The van der Waals surface area contributed by atoms with Crippen molar-refractivity contribution in [3.8, 4) is 0 Å². The first-order valence-electron chi connectivity index (χ1n) is 6.61. The van der Waals surface area contributed by atoms with Crippen LogP contribution in [0.5, 0.6) is 0 Å². The molecule has 2 rings (SSSR count). The first-order valence-corrected chi connectivity index (χ1v) is 6.61. The Hall–Kier alpha value is -1.89. The van der Waals surface area contributed by atoms with E-state index in [0.717, 1.165) is 12.2 Å². The highest BCUT2D eigenvalue weighted by molar-refractivity contribution is 5.89. The molecule has 1 aromatic heterocycles. The van der Waals surface area contributed by atoms with E-state index in [1.807, 2.05) is 32.8 Å². The predicted molar refractivity (Wildman–Crippen MR) is 76.9 cm³/mol. The SMILES string of the molecule is CC1OCCC1(C)NC(=O)Nc1cc(N(C)C)ncn1. The summed E-state index contributed by atoms with van der Waals surface area (Å²) < 4.78 is 5.50. The number of carbonyl (C=O) groups excluding carboxylic acids is 1. The number of carbonyl (C=O) groups is 1. The fourth-order valence-corrected chi connectivity index (χ4v) is 2.07. The van der Waals surface area contributed by atoms with Crippen molar-refractivity contribution in [2.75, 3.05) is 30.9 Å². The summed E-state index contributed by atoms with van der Waals surface area (Å²) in [5.74, 6) is 1.20. The molecular weight excluding hydrogens is 258 g/mol. The molecule has 0 radical (unpaired) electrons. The second-order valence-corrected chi connectivity index (χ2v) is 5.42. The second kappa shape index (κ2) is 5.62. The lowest BCUT2D eigenvalue weighted by Crippen LogP contribution is -2.52. The molecule has 7 heteroatoms. The van der Waals surface area contributed by atoms with Crippen LogP contribution in [0.15, 0.2) is 12.4 Å². The molecule has 2 atom stereocenters. The van der Waals surface area contributed by atoms with Crippen molar-refractivity contribution in [1.29, 1.82) is 0 Å². The number of rotatable bonds is 3. The molecule has 0 bridgehead atoms. The van der Waals surface area contributed by atoms with E-state index < -0.39 is 0 Å². The van der Waals surface area contributed by atoms with E-state index in [0.29, 0.717) is 12.4 Å². The number of nitrogens with one attached hydrogen (secondary N) is 2. The summed E-state index contributed by atoms with van der Waals surface area (Å²) in [6.45, 7) is 4.60. The highest BCUT2D eigenvalue weighted by Crippen LogP contribution is 2.25. The van der Waals surface area contributed by atoms with Gasteiger partial charge in [0, 0.05) is 26.8 Å². The van der Waals surface area contributed by atoms with Crippen LogP contribution < -0.4 is 15.5 Å². The van der Waals surface area contributed by atoms with Crippen molar-refractivity contribution in [2.24, 2.45) is 0 Å². The Kier molecular flexibility index (Phi) is 4.08. The first-order chi connectivity index (χ1) is 9.40. The highest BCUT2D eigenvalue weighted by Gasteiger charge is 2.38. The third-order valence-electron chi connectivity index (χ3n) is 3.64. The molecule has 0 aromatic carbocycles. The first kappa shape index (κ1) is 14.5. The van der Waals surface area contributed by atoms with Crippen molar-refractivity contribution in [1.82, 2.24) is 15.3 Å². The van der Waals surface area contributed by atoms with Crippen molar-refractivity contribution in [2.45, 2.75) is 31.9 Å². The zero-order valence-corrected chi connectivity index (χ0v) is 12.3. The van der Waals surface area contributed by atoms with Crippen LogP contribution in [0.3, 0.4) is 0 Å². The van der Waals surface area contributed by atoms with Crippen LogP contribution in [0, 0.1) is 0 Å². The predicted octanol–water partition coefficient (Wildman–Crippen LogP) is 1.23. The third kappa shape index (κ3) is 3.16. The average Bonchev–Trinajstić information content (AvgIpc) is 2.69. The van der Waals surface area contributed by atoms with Crippen LogP contribution in [0.2, 0.25) is 0 Å². The lowest BCUT2D eigenvalue weighted by molar-refractivity contribution is 0.0920. The molecule has 1 aliphatic heterocycles. The molecule has 2 heterocycles. The van der Waals surface area contributed by atoms with Gasteiger partial charge in [0.05, 0.1) is 11.6 Å². The maximum absolute atomic E-state index is 12.0. The molecular formula is C13H21N5O2. The average molecular weight is 279 g/mol. The summed E-state index contributed by atoms with van der Waals surface area (Å²) in [6, 6.07) is 1.43. The van der Waals surface area contributed by atoms with E-state index in [2.05, 4.69) is 20.6 Å². The molecule has 1 fully saturated rings. The Morgan fingerprint density at radius 2 is 2.25 bits per heavy atom. The Balaban J connectivity index is 1.99. The third-order valence-corrected chi connectivity index (χ3v) is 3.64. The van der Waals surface area contributed by atoms with Crippen molar-refractivity contribution in [3.63, 3.8) is 0 Å². The van der Waals surface area contributed by atoms with Gasteiger partial charge in [-0.1, -0.05) is 0 Å². The standard InChI is InChI=1S/C13H21N5O2/c1-9-13(2,5-6-20-9)17-12(19)16-10-7-11(18(3)4)15-8-14-10/h7-9H,5-6H2,1-4H3,(H2,14,15,16,17,19). The van der Waals surface area contributed by atoms with E-state index >= 15 is 0 Å². The lowest BCUT2D eigenvalue weighted by atomic mass is 9.95. The van der Waals surface area contributed by atoms with Gasteiger partial charge in [-0.25, -0.2) is 14.8 Å². The second-order valence-electron chi connectivity index (χ2n) is 5.42. The molecule has 2 N–H and O–H groups in total. The zero-order valence-electron chi connectivity index (χ0n) is 12.3. The number of nitrogens with zero attached hydrogens (tertiary/aromatic N) is 3. The fourth-order valence-electron chi connectivity index (χ4n) is 2.07. The Morgan fingerprint density at radius 1 is 1.50 bits per heavy atom. The minimum Gasteiger partial charge on any atom is -0.376 e. The topological polar surface area (TPSA) is 79.4 Å². The van der Waals surface area contributed by atoms with E-state index in [4.69, 9.17) is 4.74 Å². The highest BCUT2D eigenvalue weighted by atomic mass is 16.5. The van der Waals surface area contributed by atoms with Gasteiger partial charge in [0.2, 0.25) is 0 Å². The minimum atomic E-state index is -0.346. The van der Waals surface area contributed by atoms with Crippen LogP contribution in [0.25, 0.3) is 0 Å². The molecule has 20 heavy (non-hydrogen) atoms. The van der Waals surface area contributed by atoms with Crippen molar-refractivity contribution < 1.29 is 9.53 Å². The number of hydrogen-bond acceptors (Lipinski definition) is 5. The van der Waals surface area contributed by atoms with Gasteiger partial charge in [-0.05, 0) is 20.3 Å². The summed E-state index contributed by atoms with van der Waals surface area (Å²) in [6.07, 6.45) is 2.22. The summed E-state index contributed by atoms with van der Waals surface area (Å²) in [5, 5.41) is 5.68. The molecule has 2 unspecified atom stereocenters. The molecule has 2 amide bonds. The van der Waals surface area contributed by atoms with E-state index in [-0.39, 0.29) is 17.7 Å².